The Morgan fingerprint density at radius 1 is 1.33 bits per heavy atom. The number of nitrogens with two attached hydrogens (primary N) is 1. The van der Waals surface area contributed by atoms with E-state index in [0.717, 1.165) is 25.3 Å². The zero-order valence-electron chi connectivity index (χ0n) is 9.57. The second-order valence-electron chi connectivity index (χ2n) is 4.46. The number of aliphatic hydroxyl groups excluding tert-OH is 1. The maximum atomic E-state index is 13.8. The molecule has 0 aromatic heterocycles. The summed E-state index contributed by atoms with van der Waals surface area (Å²) in [5.41, 5.74) is 5.53. The lowest BCUT2D eigenvalue weighted by Gasteiger charge is -2.34. The molecule has 0 unspecified atom stereocenters. The van der Waals surface area contributed by atoms with Crippen LogP contribution in [-0.2, 0) is 0 Å². The standard InChI is InChI=1S/C12H14BrF2NO.ClH/c13-7-4-5-8(14)9(10(7)15)11(16)12(17)6-2-1-3-6;/h4-6,11-12,17H,1-3,16H2;1H/t11-,12+;/m1./s1. The molecule has 0 saturated heterocycles. The van der Waals surface area contributed by atoms with Crippen LogP contribution in [0, 0.1) is 17.6 Å². The van der Waals surface area contributed by atoms with Gasteiger partial charge in [0.25, 0.3) is 0 Å². The number of hydrogen-bond acceptors (Lipinski definition) is 2. The molecule has 1 aromatic carbocycles. The molecule has 18 heavy (non-hydrogen) atoms. The average Bonchev–Trinajstić information content (AvgIpc) is 2.21. The van der Waals surface area contributed by atoms with E-state index >= 15 is 0 Å². The molecule has 2 nitrogen and oxygen atoms in total. The van der Waals surface area contributed by atoms with E-state index in [1.54, 1.807) is 0 Å². The Kier molecular flexibility index (Phi) is 5.52. The summed E-state index contributed by atoms with van der Waals surface area (Å²) in [4.78, 5) is 0. The monoisotopic (exact) mass is 341 g/mol. The van der Waals surface area contributed by atoms with Crippen molar-refractivity contribution in [2.75, 3.05) is 0 Å². The van der Waals surface area contributed by atoms with Gasteiger partial charge in [-0.05, 0) is 46.8 Å². The van der Waals surface area contributed by atoms with Gasteiger partial charge in [0.1, 0.15) is 11.6 Å². The average molecular weight is 343 g/mol. The van der Waals surface area contributed by atoms with E-state index in [0.29, 0.717) is 0 Å². The number of benzene rings is 1. The van der Waals surface area contributed by atoms with Gasteiger partial charge in [-0.25, -0.2) is 8.78 Å². The quantitative estimate of drug-likeness (QED) is 0.828. The van der Waals surface area contributed by atoms with Crippen LogP contribution in [0.3, 0.4) is 0 Å². The predicted molar refractivity (Wildman–Crippen MR) is 71.6 cm³/mol. The molecule has 1 aromatic rings. The van der Waals surface area contributed by atoms with Crippen molar-refractivity contribution in [3.63, 3.8) is 0 Å². The van der Waals surface area contributed by atoms with Crippen LogP contribution in [-0.4, -0.2) is 11.2 Å². The lowest BCUT2D eigenvalue weighted by atomic mass is 9.77. The first-order valence-electron chi connectivity index (χ1n) is 5.59. The largest absolute Gasteiger partial charge is 0.391 e. The second-order valence-corrected chi connectivity index (χ2v) is 5.32. The predicted octanol–water partition coefficient (Wildman–Crippen LogP) is 3.31. The van der Waals surface area contributed by atoms with Crippen LogP contribution < -0.4 is 5.73 Å². The van der Waals surface area contributed by atoms with Crippen LogP contribution in [0.4, 0.5) is 8.78 Å². The summed E-state index contributed by atoms with van der Waals surface area (Å²) in [7, 11) is 0. The van der Waals surface area contributed by atoms with Gasteiger partial charge >= 0.3 is 0 Å². The topological polar surface area (TPSA) is 46.2 Å². The van der Waals surface area contributed by atoms with Gasteiger partial charge < -0.3 is 10.8 Å². The molecule has 6 heteroatoms. The fourth-order valence-corrected chi connectivity index (χ4v) is 2.44. The minimum absolute atomic E-state index is 0. The third-order valence-electron chi connectivity index (χ3n) is 3.41. The molecular weight excluding hydrogens is 327 g/mol. The molecule has 0 bridgehead atoms. The smallest absolute Gasteiger partial charge is 0.145 e. The SMILES string of the molecule is Cl.N[C@H](c1c(F)ccc(Br)c1F)[C@@H](O)C1CCC1. The first-order chi connectivity index (χ1) is 8.02. The van der Waals surface area contributed by atoms with Crippen molar-refractivity contribution in [3.05, 3.63) is 33.8 Å². The summed E-state index contributed by atoms with van der Waals surface area (Å²) in [6.07, 6.45) is 1.89. The Morgan fingerprint density at radius 2 is 1.94 bits per heavy atom. The van der Waals surface area contributed by atoms with Crippen molar-refractivity contribution in [1.29, 1.82) is 0 Å². The highest BCUT2D eigenvalue weighted by molar-refractivity contribution is 9.10. The zero-order chi connectivity index (χ0) is 12.6. The highest BCUT2D eigenvalue weighted by Crippen LogP contribution is 2.36. The van der Waals surface area contributed by atoms with Gasteiger partial charge in [0.2, 0.25) is 0 Å². The second kappa shape index (κ2) is 6.28. The molecule has 3 N–H and O–H groups in total. The molecule has 0 radical (unpaired) electrons. The third kappa shape index (κ3) is 2.85. The molecule has 2 rings (SSSR count). The Morgan fingerprint density at radius 3 is 2.44 bits per heavy atom. The highest BCUT2D eigenvalue weighted by atomic mass is 79.9. The van der Waals surface area contributed by atoms with E-state index in [1.165, 1.54) is 6.07 Å². The van der Waals surface area contributed by atoms with Crippen LogP contribution in [0.5, 0.6) is 0 Å². The van der Waals surface area contributed by atoms with Crippen LogP contribution in [0.25, 0.3) is 0 Å². The normalized spacial score (nSPS) is 18.7. The maximum Gasteiger partial charge on any atom is 0.145 e. The van der Waals surface area contributed by atoms with Crippen molar-refractivity contribution in [2.45, 2.75) is 31.4 Å². The van der Waals surface area contributed by atoms with Gasteiger partial charge in [-0.2, -0.15) is 0 Å². The van der Waals surface area contributed by atoms with Gasteiger partial charge in [0.05, 0.1) is 16.6 Å². The Bertz CT molecular complexity index is 429. The van der Waals surface area contributed by atoms with E-state index in [-0.39, 0.29) is 28.4 Å². The van der Waals surface area contributed by atoms with Crippen molar-refractivity contribution in [3.8, 4) is 0 Å². The Labute approximate surface area is 119 Å². The molecule has 0 aliphatic heterocycles. The third-order valence-corrected chi connectivity index (χ3v) is 4.03. The molecule has 0 heterocycles. The fourth-order valence-electron chi connectivity index (χ4n) is 2.09. The van der Waals surface area contributed by atoms with Crippen molar-refractivity contribution < 1.29 is 13.9 Å². The van der Waals surface area contributed by atoms with Crippen LogP contribution in [0.15, 0.2) is 16.6 Å². The van der Waals surface area contributed by atoms with Gasteiger partial charge in [-0.3, -0.25) is 0 Å². The first kappa shape index (κ1) is 15.8. The van der Waals surface area contributed by atoms with E-state index in [1.807, 2.05) is 0 Å². The number of aliphatic hydroxyl groups is 1. The van der Waals surface area contributed by atoms with Crippen LogP contribution in [0.1, 0.15) is 30.9 Å². The van der Waals surface area contributed by atoms with E-state index in [4.69, 9.17) is 5.73 Å². The summed E-state index contributed by atoms with van der Waals surface area (Å²) in [6, 6.07) is 1.42. The molecule has 1 aliphatic carbocycles. The first-order valence-corrected chi connectivity index (χ1v) is 6.38. The van der Waals surface area contributed by atoms with Gasteiger partial charge in [0.15, 0.2) is 0 Å². The van der Waals surface area contributed by atoms with Gasteiger partial charge in [-0.1, -0.05) is 6.42 Å². The number of rotatable bonds is 3. The summed E-state index contributed by atoms with van der Waals surface area (Å²) >= 11 is 2.99. The van der Waals surface area contributed by atoms with E-state index in [2.05, 4.69) is 15.9 Å². The molecule has 1 fully saturated rings. The van der Waals surface area contributed by atoms with Crippen LogP contribution in [0.2, 0.25) is 0 Å². The van der Waals surface area contributed by atoms with Gasteiger partial charge in [0, 0.05) is 5.56 Å². The number of halogens is 4. The van der Waals surface area contributed by atoms with Crippen LogP contribution >= 0.6 is 28.3 Å². The molecule has 2 atom stereocenters. The fraction of sp³-hybridized carbons (Fsp3) is 0.500. The summed E-state index contributed by atoms with van der Waals surface area (Å²) in [5, 5.41) is 9.96. The molecule has 0 amide bonds. The van der Waals surface area contributed by atoms with E-state index in [9.17, 15) is 13.9 Å². The highest BCUT2D eigenvalue weighted by Gasteiger charge is 2.33. The molecule has 1 aliphatic rings. The zero-order valence-corrected chi connectivity index (χ0v) is 12.0. The van der Waals surface area contributed by atoms with Crippen molar-refractivity contribution in [2.24, 2.45) is 11.7 Å². The van der Waals surface area contributed by atoms with E-state index < -0.39 is 23.8 Å². The Hall–Kier alpha value is -0.230. The lowest BCUT2D eigenvalue weighted by Crippen LogP contribution is -2.37. The summed E-state index contributed by atoms with van der Waals surface area (Å²) in [6.45, 7) is 0. The summed E-state index contributed by atoms with van der Waals surface area (Å²) < 4.78 is 27.5. The van der Waals surface area contributed by atoms with Crippen molar-refractivity contribution >= 4 is 28.3 Å². The minimum atomic E-state index is -1.02. The summed E-state index contributed by atoms with van der Waals surface area (Å²) in [5.74, 6) is -1.38. The van der Waals surface area contributed by atoms with Gasteiger partial charge in [-0.15, -0.1) is 12.4 Å². The molecule has 102 valence electrons. The molecule has 1 saturated carbocycles. The Balaban J connectivity index is 0.00000162. The maximum absolute atomic E-state index is 13.8. The lowest BCUT2D eigenvalue weighted by molar-refractivity contribution is 0.0394. The number of hydrogen-bond donors (Lipinski definition) is 2. The minimum Gasteiger partial charge on any atom is -0.391 e. The molecule has 0 spiro atoms. The van der Waals surface area contributed by atoms with Crippen molar-refractivity contribution in [1.82, 2.24) is 0 Å². The molecular formula is C12H15BrClF2NO.